The molecule has 0 radical (unpaired) electrons. The number of nitrogens with one attached hydrogen (secondary N) is 2. The summed E-state index contributed by atoms with van der Waals surface area (Å²) in [5.74, 6) is 0.286. The van der Waals surface area contributed by atoms with Crippen molar-refractivity contribution in [2.45, 2.75) is 19.8 Å². The predicted molar refractivity (Wildman–Crippen MR) is 89.0 cm³/mol. The highest BCUT2D eigenvalue weighted by molar-refractivity contribution is 5.85. The normalized spacial score (nSPS) is 11.8. The van der Waals surface area contributed by atoms with E-state index >= 15 is 0 Å². The lowest BCUT2D eigenvalue weighted by atomic mass is 9.88. The van der Waals surface area contributed by atoms with Crippen LogP contribution in [0.4, 0.5) is 0 Å². The third-order valence-electron chi connectivity index (χ3n) is 3.19. The van der Waals surface area contributed by atoms with Crippen LogP contribution in [0.15, 0.2) is 30.3 Å². The van der Waals surface area contributed by atoms with Gasteiger partial charge < -0.3 is 15.4 Å². The lowest BCUT2D eigenvalue weighted by molar-refractivity contribution is -0.123. The van der Waals surface area contributed by atoms with Crippen LogP contribution in [0.2, 0.25) is 0 Å². The van der Waals surface area contributed by atoms with Gasteiger partial charge in [-0.25, -0.2) is 0 Å². The fourth-order valence-electron chi connectivity index (χ4n) is 2.18. The molecule has 4 nitrogen and oxygen atoms in total. The molecule has 21 heavy (non-hydrogen) atoms. The summed E-state index contributed by atoms with van der Waals surface area (Å²) >= 11 is 0. The Labute approximate surface area is 134 Å². The van der Waals surface area contributed by atoms with E-state index in [0.29, 0.717) is 13.2 Å². The monoisotopic (exact) mass is 314 g/mol. The minimum atomic E-state index is -0.0878. The van der Waals surface area contributed by atoms with E-state index in [0.717, 1.165) is 18.7 Å². The number of amides is 1. The number of methoxy groups -OCH3 is 1. The summed E-state index contributed by atoms with van der Waals surface area (Å²) in [5, 5.41) is 6.21. The first kappa shape index (κ1) is 19.9. The highest BCUT2D eigenvalue weighted by Gasteiger charge is 2.23. The lowest BCUT2D eigenvalue weighted by Crippen LogP contribution is -2.37. The Kier molecular flexibility index (Phi) is 10.9. The van der Waals surface area contributed by atoms with Gasteiger partial charge in [-0.1, -0.05) is 44.2 Å². The number of carbonyl (C=O) groups is 1. The topological polar surface area (TPSA) is 50.4 Å². The molecule has 0 spiro atoms. The van der Waals surface area contributed by atoms with Crippen LogP contribution in [-0.2, 0) is 9.53 Å². The van der Waals surface area contributed by atoms with E-state index in [4.69, 9.17) is 4.74 Å². The summed E-state index contributed by atoms with van der Waals surface area (Å²) in [6, 6.07) is 9.95. The van der Waals surface area contributed by atoms with Crippen molar-refractivity contribution in [1.29, 1.82) is 0 Å². The molecular formula is C16H27ClN2O2. The zero-order valence-electron chi connectivity index (χ0n) is 13.1. The maximum atomic E-state index is 12.3. The molecule has 0 fully saturated rings. The second kappa shape index (κ2) is 11.5. The minimum Gasteiger partial charge on any atom is -0.383 e. The van der Waals surface area contributed by atoms with E-state index in [2.05, 4.69) is 24.5 Å². The molecule has 1 unspecified atom stereocenters. The van der Waals surface area contributed by atoms with Crippen molar-refractivity contribution in [3.8, 4) is 0 Å². The number of benzene rings is 1. The fraction of sp³-hybridized carbons (Fsp3) is 0.562. The first-order valence-corrected chi connectivity index (χ1v) is 7.19. The molecule has 0 aliphatic carbocycles. The van der Waals surface area contributed by atoms with E-state index in [1.165, 1.54) is 0 Å². The van der Waals surface area contributed by atoms with Crippen LogP contribution in [0.3, 0.4) is 0 Å². The quantitative estimate of drug-likeness (QED) is 0.687. The first-order chi connectivity index (χ1) is 9.66. The number of halogens is 1. The second-order valence-corrected chi connectivity index (χ2v) is 5.17. The molecule has 0 aliphatic rings. The molecule has 2 N–H and O–H groups in total. The molecule has 120 valence electrons. The van der Waals surface area contributed by atoms with Crippen LogP contribution in [0, 0.1) is 5.92 Å². The van der Waals surface area contributed by atoms with Crippen LogP contribution in [0.5, 0.6) is 0 Å². The summed E-state index contributed by atoms with van der Waals surface area (Å²) < 4.78 is 4.95. The number of hydrogen-bond acceptors (Lipinski definition) is 3. The van der Waals surface area contributed by atoms with Gasteiger partial charge in [0.15, 0.2) is 0 Å². The van der Waals surface area contributed by atoms with Crippen LogP contribution in [0.1, 0.15) is 25.3 Å². The average molecular weight is 315 g/mol. The number of hydrogen-bond donors (Lipinski definition) is 2. The smallest absolute Gasteiger partial charge is 0.227 e. The Bertz CT molecular complexity index is 385. The van der Waals surface area contributed by atoms with Crippen LogP contribution < -0.4 is 10.6 Å². The molecule has 0 saturated heterocycles. The van der Waals surface area contributed by atoms with E-state index in [1.807, 2.05) is 30.3 Å². The fourth-order valence-corrected chi connectivity index (χ4v) is 2.18. The van der Waals surface area contributed by atoms with Crippen molar-refractivity contribution in [2.24, 2.45) is 5.92 Å². The number of carbonyl (C=O) groups excluding carboxylic acids is 1. The maximum absolute atomic E-state index is 12.3. The highest BCUT2D eigenvalue weighted by atomic mass is 35.5. The van der Waals surface area contributed by atoms with Crippen LogP contribution in [0.25, 0.3) is 0 Å². The largest absolute Gasteiger partial charge is 0.383 e. The second-order valence-electron chi connectivity index (χ2n) is 5.17. The van der Waals surface area contributed by atoms with Crippen molar-refractivity contribution >= 4 is 18.3 Å². The molecule has 1 atom stereocenters. The molecule has 0 saturated carbocycles. The van der Waals surface area contributed by atoms with Crippen LogP contribution in [-0.4, -0.2) is 39.3 Å². The van der Waals surface area contributed by atoms with E-state index < -0.39 is 0 Å². The van der Waals surface area contributed by atoms with Gasteiger partial charge in [-0.15, -0.1) is 12.4 Å². The molecule has 5 heteroatoms. The summed E-state index contributed by atoms with van der Waals surface area (Å²) in [7, 11) is 1.68. The minimum absolute atomic E-state index is 0. The Morgan fingerprint density at radius 3 is 2.38 bits per heavy atom. The molecule has 1 amide bonds. The van der Waals surface area contributed by atoms with Gasteiger partial charge in [0.2, 0.25) is 5.91 Å². The van der Waals surface area contributed by atoms with Crippen molar-refractivity contribution in [1.82, 2.24) is 10.6 Å². The zero-order chi connectivity index (χ0) is 14.8. The Morgan fingerprint density at radius 1 is 1.14 bits per heavy atom. The van der Waals surface area contributed by atoms with Crippen molar-refractivity contribution < 1.29 is 9.53 Å². The first-order valence-electron chi connectivity index (χ1n) is 7.19. The molecule has 1 aromatic carbocycles. The molecule has 0 aliphatic heterocycles. The van der Waals surface area contributed by atoms with Gasteiger partial charge in [-0.3, -0.25) is 4.79 Å². The van der Waals surface area contributed by atoms with Crippen LogP contribution >= 0.6 is 12.4 Å². The van der Waals surface area contributed by atoms with Gasteiger partial charge in [0.25, 0.3) is 0 Å². The van der Waals surface area contributed by atoms with Gasteiger partial charge in [0.1, 0.15) is 0 Å². The maximum Gasteiger partial charge on any atom is 0.227 e. The SMILES string of the molecule is COCCNCCNC(=O)C(c1ccccc1)C(C)C.Cl. The van der Waals surface area contributed by atoms with E-state index in [1.54, 1.807) is 7.11 Å². The molecule has 0 aromatic heterocycles. The van der Waals surface area contributed by atoms with Gasteiger partial charge in [-0.05, 0) is 11.5 Å². The zero-order valence-corrected chi connectivity index (χ0v) is 13.9. The lowest BCUT2D eigenvalue weighted by Gasteiger charge is -2.20. The molecule has 0 bridgehead atoms. The summed E-state index contributed by atoms with van der Waals surface area (Å²) in [4.78, 5) is 12.3. The van der Waals surface area contributed by atoms with Gasteiger partial charge in [0, 0.05) is 26.7 Å². The van der Waals surface area contributed by atoms with Gasteiger partial charge in [0.05, 0.1) is 12.5 Å². The highest BCUT2D eigenvalue weighted by Crippen LogP contribution is 2.24. The van der Waals surface area contributed by atoms with Crippen molar-refractivity contribution in [3.05, 3.63) is 35.9 Å². The Hall–Kier alpha value is -1.10. The number of ether oxygens (including phenoxy) is 1. The van der Waals surface area contributed by atoms with E-state index in [-0.39, 0.29) is 30.2 Å². The molecule has 1 aromatic rings. The van der Waals surface area contributed by atoms with Crippen molar-refractivity contribution in [2.75, 3.05) is 33.4 Å². The summed E-state index contributed by atoms with van der Waals surface area (Å²) in [6.07, 6.45) is 0. The van der Waals surface area contributed by atoms with Gasteiger partial charge >= 0.3 is 0 Å². The molecular weight excluding hydrogens is 288 g/mol. The summed E-state index contributed by atoms with van der Waals surface area (Å²) in [5.41, 5.74) is 1.08. The van der Waals surface area contributed by atoms with Gasteiger partial charge in [-0.2, -0.15) is 0 Å². The standard InChI is InChI=1S/C16H26N2O2.ClH/c1-13(2)15(14-7-5-4-6-8-14)16(19)18-10-9-17-11-12-20-3;/h4-8,13,15,17H,9-12H2,1-3H3,(H,18,19);1H. The third-order valence-corrected chi connectivity index (χ3v) is 3.19. The Morgan fingerprint density at radius 2 is 1.81 bits per heavy atom. The summed E-state index contributed by atoms with van der Waals surface area (Å²) in [6.45, 7) is 7.04. The molecule has 1 rings (SSSR count). The molecule has 0 heterocycles. The Balaban J connectivity index is 0.00000400. The average Bonchev–Trinajstić information content (AvgIpc) is 2.43. The van der Waals surface area contributed by atoms with Crippen molar-refractivity contribution in [3.63, 3.8) is 0 Å². The predicted octanol–water partition coefficient (Wildman–Crippen LogP) is 2.20. The van der Waals surface area contributed by atoms with E-state index in [9.17, 15) is 4.79 Å². The number of rotatable bonds is 9. The third kappa shape index (κ3) is 7.46.